The molecule has 3 heteroatoms. The Morgan fingerprint density at radius 2 is 2.23 bits per heavy atom. The summed E-state index contributed by atoms with van der Waals surface area (Å²) in [7, 11) is 0. The van der Waals surface area contributed by atoms with Gasteiger partial charge < -0.3 is 11.1 Å². The molecule has 2 aliphatic rings. The molecule has 2 fully saturated rings. The summed E-state index contributed by atoms with van der Waals surface area (Å²) < 4.78 is 0. The number of carbonyl (C=O) groups excluding carboxylic acids is 1. The van der Waals surface area contributed by atoms with Gasteiger partial charge in [-0.1, -0.05) is 6.42 Å². The lowest BCUT2D eigenvalue weighted by molar-refractivity contribution is 0.227. The van der Waals surface area contributed by atoms with Gasteiger partial charge in [0, 0.05) is 6.04 Å². The Bertz CT molecular complexity index is 217. The minimum Gasteiger partial charge on any atom is -0.352 e. The van der Waals surface area contributed by atoms with Crippen LogP contribution in [0, 0.1) is 17.8 Å². The molecule has 0 aromatic rings. The van der Waals surface area contributed by atoms with E-state index >= 15 is 0 Å². The quantitative estimate of drug-likeness (QED) is 0.667. The summed E-state index contributed by atoms with van der Waals surface area (Å²) in [5, 5.41) is 2.81. The first-order chi connectivity index (χ1) is 6.16. The van der Waals surface area contributed by atoms with Gasteiger partial charge in [0.15, 0.2) is 0 Å². The topological polar surface area (TPSA) is 55.1 Å². The lowest BCUT2D eigenvalue weighted by Crippen LogP contribution is -2.42. The van der Waals surface area contributed by atoms with Crippen LogP contribution in [0.1, 0.15) is 32.6 Å². The number of rotatable bonds is 2. The van der Waals surface area contributed by atoms with Crippen LogP contribution in [0.5, 0.6) is 0 Å². The molecule has 3 nitrogen and oxygen atoms in total. The van der Waals surface area contributed by atoms with Crippen molar-refractivity contribution >= 4 is 6.03 Å². The molecular weight excluding hydrogens is 164 g/mol. The van der Waals surface area contributed by atoms with Gasteiger partial charge in [-0.15, -0.1) is 0 Å². The Labute approximate surface area is 79.1 Å². The zero-order valence-electron chi connectivity index (χ0n) is 8.12. The maximum absolute atomic E-state index is 10.7. The molecule has 0 unspecified atom stereocenters. The molecule has 0 aromatic carbocycles. The van der Waals surface area contributed by atoms with Crippen LogP contribution in [0.4, 0.5) is 4.79 Å². The van der Waals surface area contributed by atoms with Gasteiger partial charge in [-0.3, -0.25) is 0 Å². The summed E-state index contributed by atoms with van der Waals surface area (Å²) in [5.41, 5.74) is 5.11. The molecule has 4 atom stereocenters. The average Bonchev–Trinajstić information content (AvgIpc) is 2.62. The fourth-order valence-corrected chi connectivity index (χ4v) is 3.24. The van der Waals surface area contributed by atoms with E-state index in [2.05, 4.69) is 12.2 Å². The van der Waals surface area contributed by atoms with Gasteiger partial charge in [-0.2, -0.15) is 0 Å². The van der Waals surface area contributed by atoms with Crippen LogP contribution in [0.3, 0.4) is 0 Å². The van der Waals surface area contributed by atoms with Crippen LogP contribution in [0.2, 0.25) is 0 Å². The molecule has 3 N–H and O–H groups in total. The van der Waals surface area contributed by atoms with Gasteiger partial charge in [-0.25, -0.2) is 4.79 Å². The number of amides is 2. The summed E-state index contributed by atoms with van der Waals surface area (Å²) in [6, 6.07) is -0.108. The Balaban J connectivity index is 1.91. The van der Waals surface area contributed by atoms with E-state index in [9.17, 15) is 4.79 Å². The molecular formula is C10H18N2O. The van der Waals surface area contributed by atoms with Crippen molar-refractivity contribution in [3.8, 4) is 0 Å². The van der Waals surface area contributed by atoms with Crippen LogP contribution in [0.15, 0.2) is 0 Å². The summed E-state index contributed by atoms with van der Waals surface area (Å²) >= 11 is 0. The van der Waals surface area contributed by atoms with Crippen LogP contribution in [0.25, 0.3) is 0 Å². The third kappa shape index (κ3) is 1.64. The zero-order chi connectivity index (χ0) is 9.42. The lowest BCUT2D eigenvalue weighted by Gasteiger charge is -2.27. The highest BCUT2D eigenvalue weighted by Gasteiger charge is 2.41. The normalized spacial score (nSPS) is 39.0. The number of carbonyl (C=O) groups is 1. The third-order valence-corrected chi connectivity index (χ3v) is 3.80. The fourth-order valence-electron chi connectivity index (χ4n) is 3.24. The summed E-state index contributed by atoms with van der Waals surface area (Å²) in [6.45, 7) is 2.08. The molecule has 2 rings (SSSR count). The Hall–Kier alpha value is -0.730. The van der Waals surface area contributed by atoms with Crippen molar-refractivity contribution in [1.29, 1.82) is 0 Å². The Morgan fingerprint density at radius 3 is 2.69 bits per heavy atom. The first kappa shape index (κ1) is 8.85. The second-order valence-corrected chi connectivity index (χ2v) is 4.64. The Morgan fingerprint density at radius 1 is 1.46 bits per heavy atom. The van der Waals surface area contributed by atoms with E-state index in [0.717, 1.165) is 11.8 Å². The number of nitrogens with one attached hydrogen (secondary N) is 1. The SMILES string of the molecule is C[C@@H](NC(N)=O)[C@@H]1C[C@H]2CC[C@H]1C2. The maximum atomic E-state index is 10.7. The molecule has 0 saturated heterocycles. The van der Waals surface area contributed by atoms with Crippen molar-refractivity contribution in [1.82, 2.24) is 5.32 Å². The number of fused-ring (bicyclic) bond motifs is 2. The number of nitrogens with two attached hydrogens (primary N) is 1. The van der Waals surface area contributed by atoms with Crippen molar-refractivity contribution in [3.63, 3.8) is 0 Å². The molecule has 0 radical (unpaired) electrons. The zero-order valence-corrected chi connectivity index (χ0v) is 8.12. The van der Waals surface area contributed by atoms with Gasteiger partial charge in [-0.05, 0) is 43.9 Å². The molecule has 2 aliphatic carbocycles. The van der Waals surface area contributed by atoms with E-state index in [1.54, 1.807) is 0 Å². The standard InChI is InChI=1S/C10H18N2O/c1-6(12-10(11)13)9-5-7-2-3-8(9)4-7/h6-9H,2-5H2,1H3,(H3,11,12,13)/t6-,7+,8+,9+/m1/s1. The predicted octanol–water partition coefficient (Wildman–Crippen LogP) is 1.48. The monoisotopic (exact) mass is 182 g/mol. The van der Waals surface area contributed by atoms with E-state index in [4.69, 9.17) is 5.73 Å². The number of primary amides is 1. The van der Waals surface area contributed by atoms with Gasteiger partial charge in [0.25, 0.3) is 0 Å². The number of hydrogen-bond acceptors (Lipinski definition) is 1. The highest BCUT2D eigenvalue weighted by molar-refractivity contribution is 5.71. The van der Waals surface area contributed by atoms with Gasteiger partial charge >= 0.3 is 6.03 Å². The summed E-state index contributed by atoms with van der Waals surface area (Å²) in [5.74, 6) is 2.48. The third-order valence-electron chi connectivity index (χ3n) is 3.80. The predicted molar refractivity (Wildman–Crippen MR) is 51.1 cm³/mol. The van der Waals surface area contributed by atoms with Crippen molar-refractivity contribution in [3.05, 3.63) is 0 Å². The molecule has 2 bridgehead atoms. The molecule has 2 amide bonds. The van der Waals surface area contributed by atoms with E-state index < -0.39 is 0 Å². The number of hydrogen-bond donors (Lipinski definition) is 2. The van der Waals surface area contributed by atoms with Crippen molar-refractivity contribution in [2.45, 2.75) is 38.6 Å². The minimum atomic E-state index is -0.379. The highest BCUT2D eigenvalue weighted by Crippen LogP contribution is 2.49. The fraction of sp³-hybridized carbons (Fsp3) is 0.900. The molecule has 13 heavy (non-hydrogen) atoms. The van der Waals surface area contributed by atoms with Crippen LogP contribution in [-0.2, 0) is 0 Å². The van der Waals surface area contributed by atoms with Crippen LogP contribution < -0.4 is 11.1 Å². The smallest absolute Gasteiger partial charge is 0.312 e. The van der Waals surface area contributed by atoms with Gasteiger partial charge in [0.05, 0.1) is 0 Å². The molecule has 0 heterocycles. The van der Waals surface area contributed by atoms with Gasteiger partial charge in [0.1, 0.15) is 0 Å². The average molecular weight is 182 g/mol. The molecule has 74 valence electrons. The summed E-state index contributed by atoms with van der Waals surface area (Å²) in [4.78, 5) is 10.7. The first-order valence-electron chi connectivity index (χ1n) is 5.22. The van der Waals surface area contributed by atoms with E-state index in [1.165, 1.54) is 25.7 Å². The molecule has 0 aromatic heterocycles. The molecule has 0 aliphatic heterocycles. The largest absolute Gasteiger partial charge is 0.352 e. The Kier molecular flexibility index (Phi) is 2.18. The second kappa shape index (κ2) is 3.20. The van der Waals surface area contributed by atoms with Crippen LogP contribution >= 0.6 is 0 Å². The maximum Gasteiger partial charge on any atom is 0.312 e. The second-order valence-electron chi connectivity index (χ2n) is 4.64. The van der Waals surface area contributed by atoms with E-state index in [1.807, 2.05) is 0 Å². The minimum absolute atomic E-state index is 0.271. The lowest BCUT2D eigenvalue weighted by atomic mass is 9.84. The number of urea groups is 1. The van der Waals surface area contributed by atoms with Crippen molar-refractivity contribution in [2.75, 3.05) is 0 Å². The first-order valence-corrected chi connectivity index (χ1v) is 5.22. The van der Waals surface area contributed by atoms with Crippen molar-refractivity contribution in [2.24, 2.45) is 23.5 Å². The molecule has 0 spiro atoms. The highest BCUT2D eigenvalue weighted by atomic mass is 16.2. The van der Waals surface area contributed by atoms with E-state index in [-0.39, 0.29) is 12.1 Å². The van der Waals surface area contributed by atoms with Crippen molar-refractivity contribution < 1.29 is 4.79 Å². The van der Waals surface area contributed by atoms with Gasteiger partial charge in [0.2, 0.25) is 0 Å². The van der Waals surface area contributed by atoms with E-state index in [0.29, 0.717) is 5.92 Å². The summed E-state index contributed by atoms with van der Waals surface area (Å²) in [6.07, 6.45) is 5.45. The molecule has 2 saturated carbocycles. The van der Waals surface area contributed by atoms with Crippen LogP contribution in [-0.4, -0.2) is 12.1 Å².